The Bertz CT molecular complexity index is 464. The molecule has 110 valence electrons. The molecule has 20 heavy (non-hydrogen) atoms. The molecule has 0 aliphatic carbocycles. The molecule has 3 nitrogen and oxygen atoms in total. The highest BCUT2D eigenvalue weighted by atomic mass is 19.1. The van der Waals surface area contributed by atoms with Crippen LogP contribution in [0.25, 0.3) is 0 Å². The molecular weight excluding hydrogens is 255 g/mol. The summed E-state index contributed by atoms with van der Waals surface area (Å²) in [6, 6.07) is 6.44. The molecule has 1 aromatic rings. The third-order valence-corrected chi connectivity index (χ3v) is 4.08. The summed E-state index contributed by atoms with van der Waals surface area (Å²) >= 11 is 0. The molecule has 1 heterocycles. The molecule has 1 N–H and O–H groups in total. The quantitative estimate of drug-likeness (QED) is 0.918. The van der Waals surface area contributed by atoms with Crippen LogP contribution in [-0.2, 0) is 0 Å². The average Bonchev–Trinajstić information content (AvgIpc) is 2.47. The van der Waals surface area contributed by atoms with Gasteiger partial charge in [0.05, 0.1) is 0 Å². The number of carbonyl (C=O) groups is 1. The van der Waals surface area contributed by atoms with Gasteiger partial charge in [-0.3, -0.25) is 4.79 Å². The predicted molar refractivity (Wildman–Crippen MR) is 78.2 cm³/mol. The molecule has 1 amide bonds. The lowest BCUT2D eigenvalue weighted by molar-refractivity contribution is 0.0627. The molecule has 0 aromatic heterocycles. The Kier molecular flexibility index (Phi) is 5.12. The normalized spacial score (nSPS) is 22.9. The molecular formula is C16H23FN2O. The smallest absolute Gasteiger partial charge is 0.253 e. The SMILES string of the molecule is CCNC1CCN(C(=O)c2cccc(F)c2)CC1CC. The van der Waals surface area contributed by atoms with Gasteiger partial charge in [-0.25, -0.2) is 4.39 Å². The van der Waals surface area contributed by atoms with E-state index < -0.39 is 0 Å². The minimum atomic E-state index is -0.356. The second-order valence-electron chi connectivity index (χ2n) is 5.38. The van der Waals surface area contributed by atoms with E-state index in [1.54, 1.807) is 12.1 Å². The predicted octanol–water partition coefficient (Wildman–Crippen LogP) is 2.68. The number of rotatable bonds is 4. The Morgan fingerprint density at radius 2 is 2.25 bits per heavy atom. The van der Waals surface area contributed by atoms with Crippen molar-refractivity contribution in [3.8, 4) is 0 Å². The fraction of sp³-hybridized carbons (Fsp3) is 0.562. The van der Waals surface area contributed by atoms with E-state index in [2.05, 4.69) is 19.2 Å². The molecule has 0 bridgehead atoms. The molecule has 1 fully saturated rings. The number of halogens is 1. The maximum Gasteiger partial charge on any atom is 0.253 e. The fourth-order valence-electron chi connectivity index (χ4n) is 2.97. The van der Waals surface area contributed by atoms with Crippen LogP contribution >= 0.6 is 0 Å². The monoisotopic (exact) mass is 278 g/mol. The minimum Gasteiger partial charge on any atom is -0.338 e. The molecule has 0 spiro atoms. The molecule has 2 rings (SSSR count). The summed E-state index contributed by atoms with van der Waals surface area (Å²) < 4.78 is 13.2. The van der Waals surface area contributed by atoms with Crippen molar-refractivity contribution in [1.29, 1.82) is 0 Å². The lowest BCUT2D eigenvalue weighted by Crippen LogP contribution is -2.50. The standard InChI is InChI=1S/C16H23FN2O/c1-3-12-11-19(9-8-15(12)18-4-2)16(20)13-6-5-7-14(17)10-13/h5-7,10,12,15,18H,3-4,8-9,11H2,1-2H3. The van der Waals surface area contributed by atoms with Crippen LogP contribution in [0.15, 0.2) is 24.3 Å². The van der Waals surface area contributed by atoms with E-state index in [1.165, 1.54) is 12.1 Å². The van der Waals surface area contributed by atoms with Gasteiger partial charge in [-0.2, -0.15) is 0 Å². The summed E-state index contributed by atoms with van der Waals surface area (Å²) in [5, 5.41) is 3.50. The van der Waals surface area contributed by atoms with Crippen molar-refractivity contribution < 1.29 is 9.18 Å². The van der Waals surface area contributed by atoms with Gasteiger partial charge in [0.1, 0.15) is 5.82 Å². The molecule has 1 saturated heterocycles. The molecule has 1 aliphatic heterocycles. The Hall–Kier alpha value is -1.42. The van der Waals surface area contributed by atoms with Crippen LogP contribution in [0.3, 0.4) is 0 Å². The van der Waals surface area contributed by atoms with Gasteiger partial charge in [-0.1, -0.05) is 26.3 Å². The number of benzene rings is 1. The number of nitrogens with zero attached hydrogens (tertiary/aromatic N) is 1. The van der Waals surface area contributed by atoms with E-state index in [-0.39, 0.29) is 11.7 Å². The molecule has 0 saturated carbocycles. The maximum absolute atomic E-state index is 13.2. The molecule has 2 unspecified atom stereocenters. The van der Waals surface area contributed by atoms with Crippen molar-refractivity contribution in [2.45, 2.75) is 32.7 Å². The van der Waals surface area contributed by atoms with Crippen molar-refractivity contribution in [2.75, 3.05) is 19.6 Å². The van der Waals surface area contributed by atoms with Gasteiger partial charge in [-0.15, -0.1) is 0 Å². The zero-order valence-corrected chi connectivity index (χ0v) is 12.2. The van der Waals surface area contributed by atoms with Crippen LogP contribution in [-0.4, -0.2) is 36.5 Å². The lowest BCUT2D eigenvalue weighted by atomic mass is 9.89. The van der Waals surface area contributed by atoms with Crippen LogP contribution in [0, 0.1) is 11.7 Å². The van der Waals surface area contributed by atoms with Crippen LogP contribution in [0.1, 0.15) is 37.0 Å². The lowest BCUT2D eigenvalue weighted by Gasteiger charge is -2.38. The average molecular weight is 278 g/mol. The fourth-order valence-corrected chi connectivity index (χ4v) is 2.97. The van der Waals surface area contributed by atoms with Crippen molar-refractivity contribution >= 4 is 5.91 Å². The second-order valence-corrected chi connectivity index (χ2v) is 5.38. The van der Waals surface area contributed by atoms with E-state index >= 15 is 0 Å². The first kappa shape index (κ1) is 15.0. The summed E-state index contributed by atoms with van der Waals surface area (Å²) in [5.74, 6) is 0.0598. The molecule has 2 atom stereocenters. The highest BCUT2D eigenvalue weighted by Crippen LogP contribution is 2.22. The molecule has 4 heteroatoms. The third kappa shape index (κ3) is 3.37. The van der Waals surface area contributed by atoms with Gasteiger partial charge in [0, 0.05) is 24.7 Å². The molecule has 0 radical (unpaired) electrons. The number of carbonyl (C=O) groups excluding carboxylic acids is 1. The summed E-state index contributed by atoms with van der Waals surface area (Å²) in [4.78, 5) is 14.3. The maximum atomic E-state index is 13.2. The van der Waals surface area contributed by atoms with Gasteiger partial charge in [0.15, 0.2) is 0 Å². The zero-order valence-electron chi connectivity index (χ0n) is 12.2. The summed E-state index contributed by atoms with van der Waals surface area (Å²) in [6.07, 6.45) is 2.01. The number of piperidine rings is 1. The number of hydrogen-bond acceptors (Lipinski definition) is 2. The van der Waals surface area contributed by atoms with Crippen LogP contribution in [0.4, 0.5) is 4.39 Å². The summed E-state index contributed by atoms with van der Waals surface area (Å²) in [7, 11) is 0. The van der Waals surface area contributed by atoms with Crippen LogP contribution in [0.5, 0.6) is 0 Å². The third-order valence-electron chi connectivity index (χ3n) is 4.08. The minimum absolute atomic E-state index is 0.0575. The van der Waals surface area contributed by atoms with E-state index in [1.807, 2.05) is 4.90 Å². The Labute approximate surface area is 120 Å². The second kappa shape index (κ2) is 6.84. The van der Waals surface area contributed by atoms with E-state index in [9.17, 15) is 9.18 Å². The number of nitrogens with one attached hydrogen (secondary N) is 1. The van der Waals surface area contributed by atoms with Crippen molar-refractivity contribution in [3.63, 3.8) is 0 Å². The summed E-state index contributed by atoms with van der Waals surface area (Å²) in [5.41, 5.74) is 0.446. The molecule has 1 aromatic carbocycles. The van der Waals surface area contributed by atoms with Crippen molar-refractivity contribution in [1.82, 2.24) is 10.2 Å². The van der Waals surface area contributed by atoms with Crippen molar-refractivity contribution in [2.24, 2.45) is 5.92 Å². The first-order valence-electron chi connectivity index (χ1n) is 7.44. The largest absolute Gasteiger partial charge is 0.338 e. The van der Waals surface area contributed by atoms with Gasteiger partial charge in [-0.05, 0) is 37.1 Å². The number of likely N-dealkylation sites (tertiary alicyclic amines) is 1. The van der Waals surface area contributed by atoms with Gasteiger partial charge in [0.2, 0.25) is 0 Å². The topological polar surface area (TPSA) is 32.3 Å². The number of hydrogen-bond donors (Lipinski definition) is 1. The van der Waals surface area contributed by atoms with Crippen LogP contribution < -0.4 is 5.32 Å². The Balaban J connectivity index is 2.05. The van der Waals surface area contributed by atoms with Gasteiger partial charge < -0.3 is 10.2 Å². The first-order chi connectivity index (χ1) is 9.65. The van der Waals surface area contributed by atoms with Crippen LogP contribution in [0.2, 0.25) is 0 Å². The Morgan fingerprint density at radius 1 is 1.45 bits per heavy atom. The van der Waals surface area contributed by atoms with Gasteiger partial charge >= 0.3 is 0 Å². The highest BCUT2D eigenvalue weighted by Gasteiger charge is 2.30. The summed E-state index contributed by atoms with van der Waals surface area (Å²) in [6.45, 7) is 6.72. The van der Waals surface area contributed by atoms with E-state index in [0.29, 0.717) is 17.5 Å². The zero-order chi connectivity index (χ0) is 14.5. The van der Waals surface area contributed by atoms with E-state index in [0.717, 1.165) is 32.5 Å². The number of amides is 1. The first-order valence-corrected chi connectivity index (χ1v) is 7.44. The van der Waals surface area contributed by atoms with Crippen molar-refractivity contribution in [3.05, 3.63) is 35.6 Å². The Morgan fingerprint density at radius 3 is 2.90 bits per heavy atom. The van der Waals surface area contributed by atoms with E-state index in [4.69, 9.17) is 0 Å². The molecule has 1 aliphatic rings. The highest BCUT2D eigenvalue weighted by molar-refractivity contribution is 5.94. The van der Waals surface area contributed by atoms with Gasteiger partial charge in [0.25, 0.3) is 5.91 Å².